The molecule has 7 nitrogen and oxygen atoms in total. The van der Waals surface area contributed by atoms with Gasteiger partial charge in [-0.25, -0.2) is 9.18 Å². The number of aliphatic hydroxyl groups is 2. The third-order valence-electron chi connectivity index (χ3n) is 8.59. The normalized spacial score (nSPS) is 28.6. The van der Waals surface area contributed by atoms with Crippen LogP contribution in [0.1, 0.15) is 47.8 Å². The average Bonchev–Trinajstić information content (AvgIpc) is 2.92. The largest absolute Gasteiger partial charge is 0.394 e. The minimum atomic E-state index is -2.86. The van der Waals surface area contributed by atoms with Gasteiger partial charge in [0.1, 0.15) is 17.1 Å². The first-order valence-corrected chi connectivity index (χ1v) is 17.3. The molecule has 0 bridgehead atoms. The molecule has 0 amide bonds. The summed E-state index contributed by atoms with van der Waals surface area (Å²) in [5.41, 5.74) is -1.71. The van der Waals surface area contributed by atoms with Gasteiger partial charge in [-0.1, -0.05) is 67.7 Å². The van der Waals surface area contributed by atoms with Crippen molar-refractivity contribution in [2.75, 3.05) is 12.4 Å². The zero-order valence-electron chi connectivity index (χ0n) is 21.4. The van der Waals surface area contributed by atoms with Crippen molar-refractivity contribution in [3.8, 4) is 0 Å². The number of nitrogens with zero attached hydrogens (tertiary/aromatic N) is 2. The maximum atomic E-state index is 16.4. The highest BCUT2D eigenvalue weighted by Gasteiger charge is 2.70. The molecule has 1 aliphatic rings. The van der Waals surface area contributed by atoms with E-state index in [-0.39, 0.29) is 5.04 Å². The molecule has 1 aliphatic heterocycles. The molecule has 0 saturated carbocycles. The SMILES string of the molecule is CNc1ccn([C@@H]2O[C@H](C(O)[Si](C)(C)C(C)(C)C)[C@](O)([Si](C)(C)C(C)(C)C)[C@H]2F)c(=O)n1. The zero-order chi connectivity index (χ0) is 25.1. The van der Waals surface area contributed by atoms with Gasteiger partial charge in [0, 0.05) is 13.2 Å². The second-order valence-electron chi connectivity index (χ2n) is 12.2. The molecule has 1 saturated heterocycles. The first-order chi connectivity index (χ1) is 14.2. The molecule has 184 valence electrons. The molecule has 1 fully saturated rings. The quantitative estimate of drug-likeness (QED) is 0.548. The summed E-state index contributed by atoms with van der Waals surface area (Å²) in [7, 11) is -3.70. The Hall–Kier alpha value is -1.08. The summed E-state index contributed by atoms with van der Waals surface area (Å²) in [6.07, 6.45) is -3.00. The van der Waals surface area contributed by atoms with Crippen molar-refractivity contribution in [2.45, 2.75) is 107 Å². The third-order valence-corrected chi connectivity index (χ3v) is 20.5. The zero-order valence-corrected chi connectivity index (χ0v) is 23.4. The van der Waals surface area contributed by atoms with Gasteiger partial charge in [-0.05, 0) is 16.1 Å². The van der Waals surface area contributed by atoms with Gasteiger partial charge in [-0.3, -0.25) is 4.57 Å². The lowest BCUT2D eigenvalue weighted by molar-refractivity contribution is -0.0763. The van der Waals surface area contributed by atoms with E-state index in [1.165, 1.54) is 6.20 Å². The van der Waals surface area contributed by atoms with E-state index in [0.717, 1.165) is 4.57 Å². The number of hydrogen-bond acceptors (Lipinski definition) is 6. The van der Waals surface area contributed by atoms with Crippen molar-refractivity contribution in [3.05, 3.63) is 22.7 Å². The number of halogens is 1. The maximum absolute atomic E-state index is 16.4. The van der Waals surface area contributed by atoms with Gasteiger partial charge in [0.25, 0.3) is 0 Å². The topological polar surface area (TPSA) is 96.6 Å². The lowest BCUT2D eigenvalue weighted by atomic mass is 10.1. The molecular weight excluding hydrogens is 445 g/mol. The lowest BCUT2D eigenvalue weighted by Gasteiger charge is -2.53. The van der Waals surface area contributed by atoms with E-state index < -0.39 is 56.3 Å². The molecule has 5 atom stereocenters. The Morgan fingerprint density at radius 2 is 1.72 bits per heavy atom. The Morgan fingerprint density at radius 3 is 2.12 bits per heavy atom. The predicted molar refractivity (Wildman–Crippen MR) is 132 cm³/mol. The van der Waals surface area contributed by atoms with Gasteiger partial charge in [0.05, 0.1) is 21.9 Å². The van der Waals surface area contributed by atoms with Crippen LogP contribution in [0.15, 0.2) is 17.1 Å². The summed E-state index contributed by atoms with van der Waals surface area (Å²) < 4.78 is 23.6. The molecule has 1 aromatic rings. The molecule has 1 aromatic heterocycles. The van der Waals surface area contributed by atoms with E-state index in [2.05, 4.69) is 31.1 Å². The smallest absolute Gasteiger partial charge is 0.351 e. The average molecular weight is 488 g/mol. The summed E-state index contributed by atoms with van der Waals surface area (Å²) in [6, 6.07) is 1.56. The molecule has 3 N–H and O–H groups in total. The number of aromatic nitrogens is 2. The fraction of sp³-hybridized carbons (Fsp3) is 0.818. The van der Waals surface area contributed by atoms with E-state index in [9.17, 15) is 15.0 Å². The Labute approximate surface area is 193 Å². The van der Waals surface area contributed by atoms with Crippen LogP contribution in [0, 0.1) is 0 Å². The van der Waals surface area contributed by atoms with Crippen LogP contribution < -0.4 is 11.0 Å². The monoisotopic (exact) mass is 487 g/mol. The number of anilines is 1. The highest BCUT2D eigenvalue weighted by atomic mass is 28.3. The van der Waals surface area contributed by atoms with Crippen molar-refractivity contribution >= 4 is 22.0 Å². The van der Waals surface area contributed by atoms with E-state index in [1.807, 2.05) is 47.0 Å². The first-order valence-electron chi connectivity index (χ1n) is 11.2. The maximum Gasteiger partial charge on any atom is 0.351 e. The van der Waals surface area contributed by atoms with Crippen LogP contribution in [0.4, 0.5) is 10.2 Å². The van der Waals surface area contributed by atoms with Crippen molar-refractivity contribution in [2.24, 2.45) is 0 Å². The molecule has 0 radical (unpaired) electrons. The Morgan fingerprint density at radius 1 is 1.19 bits per heavy atom. The number of alkyl halides is 1. The van der Waals surface area contributed by atoms with Crippen LogP contribution in [0.3, 0.4) is 0 Å². The van der Waals surface area contributed by atoms with Gasteiger partial charge < -0.3 is 20.3 Å². The number of hydrogen-bond donors (Lipinski definition) is 3. The van der Waals surface area contributed by atoms with Gasteiger partial charge in [-0.15, -0.1) is 0 Å². The van der Waals surface area contributed by atoms with Crippen molar-refractivity contribution in [3.63, 3.8) is 0 Å². The van der Waals surface area contributed by atoms with E-state index in [4.69, 9.17) is 4.74 Å². The first kappa shape index (κ1) is 27.2. The fourth-order valence-electron chi connectivity index (χ4n) is 4.09. The molecule has 0 aliphatic carbocycles. The van der Waals surface area contributed by atoms with Gasteiger partial charge in [0.2, 0.25) is 0 Å². The van der Waals surface area contributed by atoms with Crippen LogP contribution >= 0.6 is 0 Å². The van der Waals surface area contributed by atoms with Crippen molar-refractivity contribution in [1.82, 2.24) is 9.55 Å². The Balaban J connectivity index is 2.71. The molecule has 2 heterocycles. The number of ether oxygens (including phenoxy) is 1. The highest BCUT2D eigenvalue weighted by molar-refractivity contribution is 6.84. The second-order valence-corrected chi connectivity index (χ2v) is 23.3. The molecular formula is C22H42FN3O4Si2. The Kier molecular flexibility index (Phi) is 7.05. The minimum absolute atomic E-state index is 0.221. The molecule has 10 heteroatoms. The minimum Gasteiger partial charge on any atom is -0.394 e. The standard InChI is InChI=1S/C22H42FN3O4Si2/c1-20(2,3)31(8,9)18(27)16-22(29,32(10,11)21(4,5)6)15(23)17(30-16)26-13-12-14(24-7)25-19(26)28/h12-13,15-18,27,29H,1-11H3,(H,24,25,28)/t15-,16+,17+,18?,22+/m0/s1. The molecule has 2 rings (SSSR count). The summed E-state index contributed by atoms with van der Waals surface area (Å²) in [4.78, 5) is 16.6. The number of aliphatic hydroxyl groups excluding tert-OH is 1. The summed E-state index contributed by atoms with van der Waals surface area (Å²) >= 11 is 0. The van der Waals surface area contributed by atoms with E-state index in [0.29, 0.717) is 5.82 Å². The van der Waals surface area contributed by atoms with Crippen LogP contribution in [-0.4, -0.2) is 66.2 Å². The molecule has 1 unspecified atom stereocenters. The van der Waals surface area contributed by atoms with E-state index >= 15 is 4.39 Å². The van der Waals surface area contributed by atoms with Crippen molar-refractivity contribution < 1.29 is 19.3 Å². The van der Waals surface area contributed by atoms with Gasteiger partial charge in [-0.2, -0.15) is 4.98 Å². The molecule has 0 aromatic carbocycles. The molecule has 0 spiro atoms. The second kappa shape index (κ2) is 8.30. The van der Waals surface area contributed by atoms with Crippen LogP contribution in [-0.2, 0) is 4.74 Å². The summed E-state index contributed by atoms with van der Waals surface area (Å²) in [5.74, 6) is 0.358. The summed E-state index contributed by atoms with van der Waals surface area (Å²) in [6.45, 7) is 20.1. The fourth-order valence-corrected chi connectivity index (χ4v) is 9.20. The third kappa shape index (κ3) is 4.02. The summed E-state index contributed by atoms with van der Waals surface area (Å²) in [5, 5.41) is 24.1. The number of rotatable bonds is 5. The Bertz CT molecular complexity index is 894. The predicted octanol–water partition coefficient (Wildman–Crippen LogP) is 3.71. The van der Waals surface area contributed by atoms with Gasteiger partial charge in [0.15, 0.2) is 12.4 Å². The van der Waals surface area contributed by atoms with E-state index in [1.54, 1.807) is 13.1 Å². The van der Waals surface area contributed by atoms with Gasteiger partial charge >= 0.3 is 5.69 Å². The lowest BCUT2D eigenvalue weighted by Crippen LogP contribution is -2.72. The molecule has 32 heavy (non-hydrogen) atoms. The van der Waals surface area contributed by atoms with Crippen LogP contribution in [0.25, 0.3) is 0 Å². The highest BCUT2D eigenvalue weighted by Crippen LogP contribution is 2.55. The van der Waals surface area contributed by atoms with Crippen molar-refractivity contribution in [1.29, 1.82) is 0 Å². The van der Waals surface area contributed by atoms with Crippen LogP contribution in [0.2, 0.25) is 36.3 Å². The van der Waals surface area contributed by atoms with Crippen LogP contribution in [0.5, 0.6) is 0 Å². The number of nitrogens with one attached hydrogen (secondary N) is 1.